The third-order valence-electron chi connectivity index (χ3n) is 3.26. The summed E-state index contributed by atoms with van der Waals surface area (Å²) in [7, 11) is 0. The molecule has 0 N–H and O–H groups in total. The summed E-state index contributed by atoms with van der Waals surface area (Å²) >= 11 is 0. The Hall–Kier alpha value is -2.03. The topological polar surface area (TPSA) is 38.1 Å². The molecule has 2 aromatic heterocycles. The minimum atomic E-state index is 0.194. The van der Waals surface area contributed by atoms with Crippen molar-refractivity contribution < 1.29 is 0 Å². The summed E-state index contributed by atoms with van der Waals surface area (Å²) in [6, 6.07) is 6.13. The highest BCUT2D eigenvalue weighted by atomic mass is 14.9. The first-order valence-corrected chi connectivity index (χ1v) is 6.40. The van der Waals surface area contributed by atoms with Crippen molar-refractivity contribution in [3.63, 3.8) is 0 Å². The summed E-state index contributed by atoms with van der Waals surface area (Å²) in [6.45, 7) is 7.25. The highest BCUT2D eigenvalue weighted by molar-refractivity contribution is 5.36. The van der Waals surface area contributed by atoms with E-state index < -0.39 is 0 Å². The van der Waals surface area contributed by atoms with Crippen LogP contribution in [0.2, 0.25) is 0 Å². The maximum atomic E-state index is 4.44. The molecule has 0 saturated heterocycles. The van der Waals surface area contributed by atoms with E-state index in [1.165, 1.54) is 11.1 Å². The number of nitrogens with zero attached hydrogens (tertiary/aromatic N) is 3. The lowest BCUT2D eigenvalue weighted by molar-refractivity contribution is 0.739. The summed E-state index contributed by atoms with van der Waals surface area (Å²) in [6.07, 6.45) is 6.77. The van der Waals surface area contributed by atoms with Gasteiger partial charge in [-0.1, -0.05) is 12.1 Å². The molecular weight excluding hydrogens is 234 g/mol. The smallest absolute Gasteiger partial charge is 0.155 e. The van der Waals surface area contributed by atoms with Gasteiger partial charge in [0, 0.05) is 29.2 Å². The van der Waals surface area contributed by atoms with Crippen LogP contribution in [0.15, 0.2) is 35.6 Å². The van der Waals surface area contributed by atoms with Crippen molar-refractivity contribution in [2.24, 2.45) is 10.9 Å². The van der Waals surface area contributed by atoms with Gasteiger partial charge in [0.2, 0.25) is 0 Å². The standard InChI is InChI=1S/C16H15N3/c1-11-6-12(2)19-16-15(11)8-14(10-18-16)7-13-4-3-5-17-9-13/h3-6,8-9,14H,7H2,1-2H3. The van der Waals surface area contributed by atoms with Gasteiger partial charge in [-0.15, -0.1) is 0 Å². The first-order valence-electron chi connectivity index (χ1n) is 6.40. The van der Waals surface area contributed by atoms with E-state index in [1.54, 1.807) is 6.20 Å². The lowest BCUT2D eigenvalue weighted by Gasteiger charge is -2.13. The van der Waals surface area contributed by atoms with Crippen LogP contribution in [0.5, 0.6) is 0 Å². The Balaban J connectivity index is 1.94. The third kappa shape index (κ3) is 2.55. The van der Waals surface area contributed by atoms with Gasteiger partial charge < -0.3 is 0 Å². The lowest BCUT2D eigenvalue weighted by atomic mass is 9.97. The van der Waals surface area contributed by atoms with Gasteiger partial charge in [0.1, 0.15) is 6.54 Å². The molecule has 0 aromatic carbocycles. The number of aromatic nitrogens is 2. The van der Waals surface area contributed by atoms with Crippen molar-refractivity contribution in [2.45, 2.75) is 20.3 Å². The quantitative estimate of drug-likeness (QED) is 0.807. The zero-order valence-corrected chi connectivity index (χ0v) is 11.1. The number of pyridine rings is 2. The second kappa shape index (κ2) is 4.92. The summed E-state index contributed by atoms with van der Waals surface area (Å²) in [4.78, 5) is 13.0. The van der Waals surface area contributed by atoms with E-state index in [-0.39, 0.29) is 5.92 Å². The fourth-order valence-corrected chi connectivity index (χ4v) is 2.38. The van der Waals surface area contributed by atoms with Crippen LogP contribution in [-0.4, -0.2) is 9.97 Å². The Kier molecular flexibility index (Phi) is 3.11. The Morgan fingerprint density at radius 2 is 2.21 bits per heavy atom. The van der Waals surface area contributed by atoms with Crippen molar-refractivity contribution in [1.29, 1.82) is 0 Å². The first kappa shape index (κ1) is 12.0. The minimum Gasteiger partial charge on any atom is -0.264 e. The van der Waals surface area contributed by atoms with E-state index >= 15 is 0 Å². The van der Waals surface area contributed by atoms with Crippen molar-refractivity contribution in [3.05, 3.63) is 64.7 Å². The van der Waals surface area contributed by atoms with Crippen molar-refractivity contribution in [1.82, 2.24) is 9.97 Å². The molecule has 0 bridgehead atoms. The van der Waals surface area contributed by atoms with E-state index in [1.807, 2.05) is 19.2 Å². The predicted molar refractivity (Wildman–Crippen MR) is 73.6 cm³/mol. The van der Waals surface area contributed by atoms with Gasteiger partial charge in [-0.3, -0.25) is 9.98 Å². The second-order valence-corrected chi connectivity index (χ2v) is 4.90. The SMILES string of the molecule is Cc1cc(C)c2c(n1)=N[C]C(Cc1cccnc1)C=2. The van der Waals surface area contributed by atoms with Gasteiger partial charge in [-0.05, 0) is 43.5 Å². The van der Waals surface area contributed by atoms with Crippen molar-refractivity contribution in [3.8, 4) is 0 Å². The van der Waals surface area contributed by atoms with Crippen molar-refractivity contribution >= 4 is 6.08 Å². The van der Waals surface area contributed by atoms with Gasteiger partial charge in [-0.25, -0.2) is 4.98 Å². The molecule has 3 nitrogen and oxygen atoms in total. The van der Waals surface area contributed by atoms with Crippen molar-refractivity contribution in [2.75, 3.05) is 0 Å². The normalized spacial score (nSPS) is 17.3. The van der Waals surface area contributed by atoms with Gasteiger partial charge >= 0.3 is 0 Å². The molecule has 1 atom stereocenters. The average Bonchev–Trinajstić information content (AvgIpc) is 2.40. The van der Waals surface area contributed by atoms with E-state index in [0.717, 1.165) is 22.8 Å². The van der Waals surface area contributed by atoms with E-state index in [0.29, 0.717) is 0 Å². The second-order valence-electron chi connectivity index (χ2n) is 4.90. The largest absolute Gasteiger partial charge is 0.264 e. The van der Waals surface area contributed by atoms with E-state index in [9.17, 15) is 0 Å². The van der Waals surface area contributed by atoms with Crippen LogP contribution >= 0.6 is 0 Å². The first-order chi connectivity index (χ1) is 9.22. The summed E-state index contributed by atoms with van der Waals surface area (Å²) in [5.74, 6) is 0.194. The average molecular weight is 249 g/mol. The zero-order valence-electron chi connectivity index (χ0n) is 11.1. The minimum absolute atomic E-state index is 0.194. The summed E-state index contributed by atoms with van der Waals surface area (Å²) in [5, 5.41) is 1.14. The molecule has 1 unspecified atom stereocenters. The van der Waals surface area contributed by atoms with E-state index in [2.05, 4.69) is 46.6 Å². The molecule has 0 fully saturated rings. The van der Waals surface area contributed by atoms with E-state index in [4.69, 9.17) is 0 Å². The summed E-state index contributed by atoms with van der Waals surface area (Å²) in [5.41, 5.74) is 4.22. The molecule has 1 aliphatic heterocycles. The maximum absolute atomic E-state index is 4.44. The zero-order chi connectivity index (χ0) is 13.2. The van der Waals surface area contributed by atoms with Gasteiger partial charge in [0.25, 0.3) is 0 Å². The van der Waals surface area contributed by atoms with Crippen LogP contribution < -0.4 is 10.7 Å². The number of aryl methyl sites for hydroxylation is 2. The van der Waals surface area contributed by atoms with Gasteiger partial charge in [0.15, 0.2) is 5.49 Å². The number of rotatable bonds is 2. The molecule has 2 aromatic rings. The molecule has 0 spiro atoms. The van der Waals surface area contributed by atoms with Crippen LogP contribution in [0.1, 0.15) is 16.8 Å². The molecule has 19 heavy (non-hydrogen) atoms. The number of fused-ring (bicyclic) bond motifs is 1. The van der Waals surface area contributed by atoms with Crippen LogP contribution in [0.25, 0.3) is 6.08 Å². The lowest BCUT2D eigenvalue weighted by Crippen LogP contribution is -2.35. The molecule has 3 heterocycles. The molecule has 3 rings (SSSR count). The molecule has 0 amide bonds. The third-order valence-corrected chi connectivity index (χ3v) is 3.26. The Bertz CT molecular complexity index is 705. The number of hydrogen-bond donors (Lipinski definition) is 0. The van der Waals surface area contributed by atoms with Gasteiger partial charge in [0.05, 0.1) is 0 Å². The molecule has 94 valence electrons. The van der Waals surface area contributed by atoms with Crippen LogP contribution in [0, 0.1) is 26.3 Å². The van der Waals surface area contributed by atoms with Crippen LogP contribution in [0.3, 0.4) is 0 Å². The molecule has 2 radical (unpaired) electrons. The molecular formula is C16H15N3. The fourth-order valence-electron chi connectivity index (χ4n) is 2.38. The molecule has 3 heteroatoms. The molecule has 0 saturated carbocycles. The number of hydrogen-bond acceptors (Lipinski definition) is 3. The monoisotopic (exact) mass is 249 g/mol. The highest BCUT2D eigenvalue weighted by Crippen LogP contribution is 2.14. The highest BCUT2D eigenvalue weighted by Gasteiger charge is 2.12. The fraction of sp³-hybridized carbons (Fsp3) is 0.250. The Morgan fingerprint density at radius 3 is 3.00 bits per heavy atom. The molecule has 0 aliphatic carbocycles. The van der Waals surface area contributed by atoms with Crippen LogP contribution in [-0.2, 0) is 6.42 Å². The predicted octanol–water partition coefficient (Wildman–Crippen LogP) is 1.40. The summed E-state index contributed by atoms with van der Waals surface area (Å²) < 4.78 is 0. The Labute approximate surface area is 112 Å². The van der Waals surface area contributed by atoms with Gasteiger partial charge in [-0.2, -0.15) is 0 Å². The maximum Gasteiger partial charge on any atom is 0.155 e. The Morgan fingerprint density at radius 1 is 1.32 bits per heavy atom. The molecule has 1 aliphatic rings. The van der Waals surface area contributed by atoms with Crippen LogP contribution in [0.4, 0.5) is 0 Å².